The first kappa shape index (κ1) is 17.9. The van der Waals surface area contributed by atoms with E-state index in [0.717, 1.165) is 25.3 Å². The van der Waals surface area contributed by atoms with Crippen LogP contribution < -0.4 is 0 Å². The van der Waals surface area contributed by atoms with Crippen LogP contribution >= 0.6 is 11.8 Å². The summed E-state index contributed by atoms with van der Waals surface area (Å²) < 4.78 is 12.9. The van der Waals surface area contributed by atoms with Gasteiger partial charge in [0, 0.05) is 13.1 Å². The highest BCUT2D eigenvalue weighted by Gasteiger charge is 2.23. The second kappa shape index (κ2) is 8.04. The average Bonchev–Trinajstić information content (AvgIpc) is 3.42. The number of amides is 1. The number of thioether (sulfide) groups is 1. The third-order valence-corrected chi connectivity index (χ3v) is 5.64. The van der Waals surface area contributed by atoms with Crippen molar-refractivity contribution in [3.63, 3.8) is 0 Å². The summed E-state index contributed by atoms with van der Waals surface area (Å²) in [6.07, 6.45) is 5.52. The van der Waals surface area contributed by atoms with Gasteiger partial charge in [-0.15, -0.1) is 10.2 Å². The number of hydrogen-bond acceptors (Lipinski definition) is 6. The molecular formula is C19H22N4O3S. The van der Waals surface area contributed by atoms with Gasteiger partial charge in [-0.05, 0) is 43.0 Å². The molecule has 1 amide bonds. The summed E-state index contributed by atoms with van der Waals surface area (Å²) in [5.74, 6) is 3.12. The highest BCUT2D eigenvalue weighted by Crippen LogP contribution is 2.26. The molecule has 0 radical (unpaired) electrons. The van der Waals surface area contributed by atoms with Crippen LogP contribution in [0.3, 0.4) is 0 Å². The van der Waals surface area contributed by atoms with Gasteiger partial charge in [0.25, 0.3) is 0 Å². The molecule has 4 rings (SSSR count). The Labute approximate surface area is 161 Å². The maximum Gasteiger partial charge on any atom is 0.233 e. The number of furan rings is 2. The van der Waals surface area contributed by atoms with Crippen LogP contribution in [0.25, 0.3) is 11.6 Å². The third-order valence-electron chi connectivity index (χ3n) is 4.69. The Bertz CT molecular complexity index is 873. The fourth-order valence-corrected chi connectivity index (χ4v) is 4.16. The Hall–Kier alpha value is -2.48. The molecule has 8 heteroatoms. The predicted octanol–water partition coefficient (Wildman–Crippen LogP) is 3.53. The van der Waals surface area contributed by atoms with Crippen LogP contribution in [0.1, 0.15) is 25.5 Å². The number of piperidine rings is 1. The summed E-state index contributed by atoms with van der Waals surface area (Å²) in [6, 6.07) is 7.41. The minimum atomic E-state index is 0.152. The second-order valence-electron chi connectivity index (χ2n) is 6.82. The van der Waals surface area contributed by atoms with E-state index >= 15 is 0 Å². The van der Waals surface area contributed by atoms with E-state index in [1.807, 2.05) is 33.7 Å². The standard InChI is InChI=1S/C19H22N4O3S/c1-14-5-2-8-22(11-14)17(24)13-27-19-21-20-18(16-7-4-10-26-16)23(19)12-15-6-3-9-25-15/h3-4,6-7,9-10,14H,2,5,8,11-13H2,1H3/t14-/m1/s1. The maximum atomic E-state index is 12.6. The van der Waals surface area contributed by atoms with Gasteiger partial charge in [-0.2, -0.15) is 0 Å². The topological polar surface area (TPSA) is 77.3 Å². The summed E-state index contributed by atoms with van der Waals surface area (Å²) in [7, 11) is 0. The first-order valence-electron chi connectivity index (χ1n) is 9.10. The molecule has 0 aromatic carbocycles. The van der Waals surface area contributed by atoms with E-state index in [0.29, 0.717) is 35.0 Å². The van der Waals surface area contributed by atoms with Gasteiger partial charge in [-0.25, -0.2) is 0 Å². The molecule has 0 N–H and O–H groups in total. The molecule has 7 nitrogen and oxygen atoms in total. The van der Waals surface area contributed by atoms with Gasteiger partial charge in [0.2, 0.25) is 11.7 Å². The van der Waals surface area contributed by atoms with Crippen LogP contribution in [0.5, 0.6) is 0 Å². The van der Waals surface area contributed by atoms with Crippen molar-refractivity contribution in [1.29, 1.82) is 0 Å². The van der Waals surface area contributed by atoms with Gasteiger partial charge in [-0.3, -0.25) is 9.36 Å². The lowest BCUT2D eigenvalue weighted by atomic mass is 10.0. The quantitative estimate of drug-likeness (QED) is 0.603. The number of likely N-dealkylation sites (tertiary alicyclic amines) is 1. The molecule has 27 heavy (non-hydrogen) atoms. The van der Waals surface area contributed by atoms with E-state index in [1.165, 1.54) is 18.2 Å². The van der Waals surface area contributed by atoms with Crippen LogP contribution in [0, 0.1) is 5.92 Å². The first-order valence-corrected chi connectivity index (χ1v) is 10.1. The van der Waals surface area contributed by atoms with Gasteiger partial charge >= 0.3 is 0 Å². The second-order valence-corrected chi connectivity index (χ2v) is 7.77. The van der Waals surface area contributed by atoms with Crippen molar-refractivity contribution >= 4 is 17.7 Å². The number of carbonyl (C=O) groups excluding carboxylic acids is 1. The van der Waals surface area contributed by atoms with E-state index in [2.05, 4.69) is 17.1 Å². The van der Waals surface area contributed by atoms with Crippen LogP contribution in [0.4, 0.5) is 0 Å². The lowest BCUT2D eigenvalue weighted by molar-refractivity contribution is -0.130. The Kier molecular flexibility index (Phi) is 5.33. The number of aromatic nitrogens is 3. The van der Waals surface area contributed by atoms with E-state index in [4.69, 9.17) is 8.83 Å². The predicted molar refractivity (Wildman–Crippen MR) is 101 cm³/mol. The molecule has 3 aromatic heterocycles. The molecule has 1 fully saturated rings. The zero-order valence-corrected chi connectivity index (χ0v) is 16.0. The summed E-state index contributed by atoms with van der Waals surface area (Å²) in [4.78, 5) is 14.6. The molecule has 0 bridgehead atoms. The molecule has 0 spiro atoms. The molecule has 0 saturated carbocycles. The van der Waals surface area contributed by atoms with Crippen molar-refractivity contribution in [1.82, 2.24) is 19.7 Å². The largest absolute Gasteiger partial charge is 0.467 e. The van der Waals surface area contributed by atoms with Crippen molar-refractivity contribution in [2.24, 2.45) is 5.92 Å². The molecular weight excluding hydrogens is 364 g/mol. The Balaban J connectivity index is 1.51. The molecule has 0 unspecified atom stereocenters. The third kappa shape index (κ3) is 4.10. The molecule has 3 aromatic rings. The fraction of sp³-hybridized carbons (Fsp3) is 0.421. The molecule has 1 aliphatic rings. The number of carbonyl (C=O) groups is 1. The summed E-state index contributed by atoms with van der Waals surface area (Å²) in [6.45, 7) is 4.37. The number of rotatable bonds is 6. The van der Waals surface area contributed by atoms with Crippen LogP contribution in [-0.4, -0.2) is 44.4 Å². The lowest BCUT2D eigenvalue weighted by Crippen LogP contribution is -2.40. The van der Waals surface area contributed by atoms with E-state index in [-0.39, 0.29) is 5.91 Å². The minimum absolute atomic E-state index is 0.152. The molecule has 0 aliphatic carbocycles. The molecule has 1 aliphatic heterocycles. The lowest BCUT2D eigenvalue weighted by Gasteiger charge is -2.30. The van der Waals surface area contributed by atoms with Gasteiger partial charge < -0.3 is 13.7 Å². The zero-order chi connectivity index (χ0) is 18.6. The smallest absolute Gasteiger partial charge is 0.233 e. The van der Waals surface area contributed by atoms with Gasteiger partial charge in [0.15, 0.2) is 10.9 Å². The normalized spacial score (nSPS) is 17.4. The van der Waals surface area contributed by atoms with Gasteiger partial charge in [0.05, 0.1) is 24.8 Å². The molecule has 142 valence electrons. The Morgan fingerprint density at radius 1 is 1.26 bits per heavy atom. The molecule has 1 atom stereocenters. The fourth-order valence-electron chi connectivity index (χ4n) is 3.32. The highest BCUT2D eigenvalue weighted by molar-refractivity contribution is 7.99. The van der Waals surface area contributed by atoms with Gasteiger partial charge in [0.1, 0.15) is 5.76 Å². The molecule has 1 saturated heterocycles. The zero-order valence-electron chi connectivity index (χ0n) is 15.2. The summed E-state index contributed by atoms with van der Waals surface area (Å²) >= 11 is 1.40. The van der Waals surface area contributed by atoms with E-state index in [9.17, 15) is 4.79 Å². The maximum absolute atomic E-state index is 12.6. The summed E-state index contributed by atoms with van der Waals surface area (Å²) in [5.41, 5.74) is 0. The van der Waals surface area contributed by atoms with Crippen molar-refractivity contribution in [3.05, 3.63) is 42.6 Å². The van der Waals surface area contributed by atoms with Crippen molar-refractivity contribution in [2.45, 2.75) is 31.5 Å². The van der Waals surface area contributed by atoms with Crippen molar-refractivity contribution < 1.29 is 13.6 Å². The van der Waals surface area contributed by atoms with Gasteiger partial charge in [-0.1, -0.05) is 18.7 Å². The summed E-state index contributed by atoms with van der Waals surface area (Å²) in [5, 5.41) is 9.24. The van der Waals surface area contributed by atoms with Crippen molar-refractivity contribution in [2.75, 3.05) is 18.8 Å². The SMILES string of the molecule is C[C@@H]1CCCN(C(=O)CSc2nnc(-c3ccco3)n2Cc2ccco2)C1. The number of nitrogens with zero attached hydrogens (tertiary/aromatic N) is 4. The van der Waals surface area contributed by atoms with Crippen LogP contribution in [-0.2, 0) is 11.3 Å². The first-order chi connectivity index (χ1) is 13.2. The van der Waals surface area contributed by atoms with Crippen LogP contribution in [0.15, 0.2) is 50.8 Å². The van der Waals surface area contributed by atoms with Crippen LogP contribution in [0.2, 0.25) is 0 Å². The monoisotopic (exact) mass is 386 g/mol. The molecule has 4 heterocycles. The van der Waals surface area contributed by atoms with E-state index in [1.54, 1.807) is 12.5 Å². The Morgan fingerprint density at radius 3 is 2.85 bits per heavy atom. The highest BCUT2D eigenvalue weighted by atomic mass is 32.2. The average molecular weight is 386 g/mol. The van der Waals surface area contributed by atoms with Crippen molar-refractivity contribution in [3.8, 4) is 11.6 Å². The van der Waals surface area contributed by atoms with E-state index < -0.39 is 0 Å². The number of hydrogen-bond donors (Lipinski definition) is 0. The minimum Gasteiger partial charge on any atom is -0.467 e. The Morgan fingerprint density at radius 2 is 2.11 bits per heavy atom.